The first-order valence-electron chi connectivity index (χ1n) is 7.32. The zero-order chi connectivity index (χ0) is 16.1. The Bertz CT molecular complexity index is 817. The monoisotopic (exact) mass is 327 g/mol. The van der Waals surface area contributed by atoms with Gasteiger partial charge in [-0.15, -0.1) is 5.10 Å². The van der Waals surface area contributed by atoms with Crippen molar-refractivity contribution < 1.29 is 4.79 Å². The molecule has 6 nitrogen and oxygen atoms in total. The normalized spacial score (nSPS) is 10.8. The highest BCUT2D eigenvalue weighted by Gasteiger charge is 2.07. The van der Waals surface area contributed by atoms with Crippen LogP contribution in [0.15, 0.2) is 42.6 Å². The van der Waals surface area contributed by atoms with E-state index in [0.717, 1.165) is 11.5 Å². The summed E-state index contributed by atoms with van der Waals surface area (Å²) in [6.45, 7) is 2.75. The van der Waals surface area contributed by atoms with Crippen LogP contribution in [-0.2, 0) is 5.75 Å². The third-order valence-electron chi connectivity index (χ3n) is 3.51. The second-order valence-electron chi connectivity index (χ2n) is 5.13. The number of hydrogen-bond acceptors (Lipinski definition) is 5. The number of benzene rings is 1. The number of nitrogens with zero attached hydrogens (tertiary/aromatic N) is 4. The van der Waals surface area contributed by atoms with Gasteiger partial charge in [-0.2, -0.15) is 11.8 Å². The number of carbonyl (C=O) groups is 1. The molecular weight excluding hydrogens is 310 g/mol. The molecule has 23 heavy (non-hydrogen) atoms. The molecule has 0 fully saturated rings. The summed E-state index contributed by atoms with van der Waals surface area (Å²) in [4.78, 5) is 12.1. The average Bonchev–Trinajstić information content (AvgIpc) is 3.03. The van der Waals surface area contributed by atoms with Gasteiger partial charge in [0.15, 0.2) is 5.65 Å². The van der Waals surface area contributed by atoms with E-state index in [2.05, 4.69) is 46.0 Å². The second-order valence-corrected chi connectivity index (χ2v) is 6.24. The first-order chi connectivity index (χ1) is 11.2. The Balaban J connectivity index is 1.45. The predicted molar refractivity (Wildman–Crippen MR) is 90.5 cm³/mol. The van der Waals surface area contributed by atoms with E-state index in [1.807, 2.05) is 17.8 Å². The molecule has 0 radical (unpaired) electrons. The van der Waals surface area contributed by atoms with Crippen LogP contribution >= 0.6 is 11.8 Å². The average molecular weight is 327 g/mol. The molecular formula is C16H17N5OS. The molecule has 0 unspecified atom stereocenters. The molecule has 2 heterocycles. The van der Waals surface area contributed by atoms with Crippen LogP contribution in [0.4, 0.5) is 0 Å². The van der Waals surface area contributed by atoms with Crippen LogP contribution in [0.25, 0.3) is 5.65 Å². The number of tetrazole rings is 1. The number of hydrogen-bond donors (Lipinski definition) is 1. The molecule has 3 rings (SSSR count). The molecule has 0 aliphatic heterocycles. The second kappa shape index (κ2) is 7.23. The van der Waals surface area contributed by atoms with Gasteiger partial charge >= 0.3 is 0 Å². The van der Waals surface area contributed by atoms with Gasteiger partial charge in [0.25, 0.3) is 5.91 Å². The fraction of sp³-hybridized carbons (Fsp3) is 0.250. The molecule has 118 valence electrons. The van der Waals surface area contributed by atoms with Crippen molar-refractivity contribution in [3.63, 3.8) is 0 Å². The molecule has 1 aromatic carbocycles. The fourth-order valence-corrected chi connectivity index (χ4v) is 3.11. The van der Waals surface area contributed by atoms with Crippen molar-refractivity contribution in [1.29, 1.82) is 0 Å². The molecule has 0 aliphatic rings. The van der Waals surface area contributed by atoms with Gasteiger partial charge in [-0.1, -0.05) is 24.3 Å². The van der Waals surface area contributed by atoms with Crippen molar-refractivity contribution in [2.75, 3.05) is 12.3 Å². The molecule has 0 saturated carbocycles. The Labute approximate surface area is 138 Å². The van der Waals surface area contributed by atoms with Gasteiger partial charge in [0.2, 0.25) is 0 Å². The lowest BCUT2D eigenvalue weighted by Crippen LogP contribution is -2.25. The van der Waals surface area contributed by atoms with Crippen LogP contribution < -0.4 is 5.32 Å². The number of fused-ring (bicyclic) bond motifs is 1. The van der Waals surface area contributed by atoms with Crippen LogP contribution in [0.3, 0.4) is 0 Å². The minimum atomic E-state index is -0.105. The summed E-state index contributed by atoms with van der Waals surface area (Å²) in [6.07, 6.45) is 1.68. The number of rotatable bonds is 6. The summed E-state index contributed by atoms with van der Waals surface area (Å²) < 4.78 is 1.52. The smallest absolute Gasteiger partial charge is 0.251 e. The Morgan fingerprint density at radius 1 is 1.30 bits per heavy atom. The SMILES string of the molecule is Cc1ccccc1CSCCNC(=O)c1ccn2nnnc2c1. The van der Waals surface area contributed by atoms with Crippen LogP contribution in [0.1, 0.15) is 21.5 Å². The summed E-state index contributed by atoms with van der Waals surface area (Å²) >= 11 is 1.81. The van der Waals surface area contributed by atoms with E-state index in [-0.39, 0.29) is 5.91 Å². The highest BCUT2D eigenvalue weighted by Crippen LogP contribution is 2.15. The van der Waals surface area contributed by atoms with Crippen molar-refractivity contribution in [3.8, 4) is 0 Å². The maximum atomic E-state index is 12.1. The first kappa shape index (κ1) is 15.5. The molecule has 7 heteroatoms. The van der Waals surface area contributed by atoms with Crippen LogP contribution in [0.5, 0.6) is 0 Å². The van der Waals surface area contributed by atoms with Crippen molar-refractivity contribution in [3.05, 3.63) is 59.3 Å². The molecule has 0 saturated heterocycles. The van der Waals surface area contributed by atoms with E-state index >= 15 is 0 Å². The summed E-state index contributed by atoms with van der Waals surface area (Å²) in [7, 11) is 0. The Kier molecular flexibility index (Phi) is 4.87. The maximum absolute atomic E-state index is 12.1. The van der Waals surface area contributed by atoms with E-state index in [1.165, 1.54) is 15.6 Å². The molecule has 0 bridgehead atoms. The molecule has 0 atom stereocenters. The Hall–Kier alpha value is -2.41. The van der Waals surface area contributed by atoms with E-state index in [9.17, 15) is 4.79 Å². The lowest BCUT2D eigenvalue weighted by molar-refractivity contribution is 0.0956. The predicted octanol–water partition coefficient (Wildman–Crippen LogP) is 2.10. The number of carbonyl (C=O) groups excluding carboxylic acids is 1. The number of thioether (sulfide) groups is 1. The highest BCUT2D eigenvalue weighted by molar-refractivity contribution is 7.98. The topological polar surface area (TPSA) is 72.2 Å². The first-order valence-corrected chi connectivity index (χ1v) is 8.48. The van der Waals surface area contributed by atoms with Crippen molar-refractivity contribution in [1.82, 2.24) is 25.4 Å². The van der Waals surface area contributed by atoms with Gasteiger partial charge in [-0.3, -0.25) is 4.79 Å². The van der Waals surface area contributed by atoms with E-state index in [4.69, 9.17) is 0 Å². The third-order valence-corrected chi connectivity index (χ3v) is 4.52. The molecule has 0 aliphatic carbocycles. The number of aryl methyl sites for hydroxylation is 1. The standard InChI is InChI=1S/C16H17N5OS/c1-12-4-2-3-5-14(12)11-23-9-7-17-16(22)13-6-8-21-15(10-13)18-19-20-21/h2-6,8,10H,7,9,11H2,1H3,(H,17,22). The van der Waals surface area contributed by atoms with Gasteiger partial charge in [0.1, 0.15) is 0 Å². The maximum Gasteiger partial charge on any atom is 0.251 e. The zero-order valence-corrected chi connectivity index (χ0v) is 13.6. The van der Waals surface area contributed by atoms with Gasteiger partial charge in [-0.25, -0.2) is 4.52 Å². The lowest BCUT2D eigenvalue weighted by Gasteiger charge is -2.07. The molecule has 1 N–H and O–H groups in total. The van der Waals surface area contributed by atoms with Gasteiger partial charge in [0.05, 0.1) is 0 Å². The number of pyridine rings is 1. The lowest BCUT2D eigenvalue weighted by atomic mass is 10.1. The summed E-state index contributed by atoms with van der Waals surface area (Å²) in [6, 6.07) is 11.7. The third kappa shape index (κ3) is 3.87. The number of amides is 1. The largest absolute Gasteiger partial charge is 0.351 e. The molecule has 1 amide bonds. The minimum absolute atomic E-state index is 0.105. The molecule has 2 aromatic heterocycles. The molecule has 0 spiro atoms. The minimum Gasteiger partial charge on any atom is -0.351 e. The fourth-order valence-electron chi connectivity index (χ4n) is 2.17. The van der Waals surface area contributed by atoms with Gasteiger partial charge in [0, 0.05) is 29.8 Å². The number of nitrogens with one attached hydrogen (secondary N) is 1. The quantitative estimate of drug-likeness (QED) is 0.702. The van der Waals surface area contributed by atoms with Gasteiger partial charge < -0.3 is 5.32 Å². The van der Waals surface area contributed by atoms with E-state index in [1.54, 1.807) is 18.3 Å². The van der Waals surface area contributed by atoms with Crippen LogP contribution in [0, 0.1) is 6.92 Å². The Morgan fingerprint density at radius 2 is 2.17 bits per heavy atom. The molecule has 3 aromatic rings. The van der Waals surface area contributed by atoms with E-state index in [0.29, 0.717) is 17.8 Å². The van der Waals surface area contributed by atoms with E-state index < -0.39 is 0 Å². The van der Waals surface area contributed by atoms with Crippen molar-refractivity contribution >= 4 is 23.3 Å². The van der Waals surface area contributed by atoms with Crippen LogP contribution in [0.2, 0.25) is 0 Å². The Morgan fingerprint density at radius 3 is 3.04 bits per heavy atom. The van der Waals surface area contributed by atoms with Crippen molar-refractivity contribution in [2.24, 2.45) is 0 Å². The highest BCUT2D eigenvalue weighted by atomic mass is 32.2. The van der Waals surface area contributed by atoms with Crippen molar-refractivity contribution in [2.45, 2.75) is 12.7 Å². The summed E-state index contributed by atoms with van der Waals surface area (Å²) in [5, 5.41) is 14.1. The number of aromatic nitrogens is 4. The van der Waals surface area contributed by atoms with Gasteiger partial charge in [-0.05, 0) is 40.6 Å². The summed E-state index contributed by atoms with van der Waals surface area (Å²) in [5.41, 5.74) is 3.77. The zero-order valence-electron chi connectivity index (χ0n) is 12.8. The summed E-state index contributed by atoms with van der Waals surface area (Å²) in [5.74, 6) is 1.72. The van der Waals surface area contributed by atoms with Crippen LogP contribution in [-0.4, -0.2) is 38.2 Å².